The van der Waals surface area contributed by atoms with Crippen LogP contribution in [0.5, 0.6) is 0 Å². The summed E-state index contributed by atoms with van der Waals surface area (Å²) in [6, 6.07) is 23.7. The lowest BCUT2D eigenvalue weighted by atomic mass is 9.82. The average molecular weight is 697 g/mol. The van der Waals surface area contributed by atoms with Crippen molar-refractivity contribution in [3.05, 3.63) is 101 Å². The first-order valence-corrected chi connectivity index (χ1v) is 16.7. The Hall–Kier alpha value is -4.75. The topological polar surface area (TPSA) is 122 Å². The van der Waals surface area contributed by atoms with Crippen molar-refractivity contribution in [1.82, 2.24) is 0 Å². The standard InChI is InChI=1S/C34H35N2O5S.C2HF3O2/c1-2-40-33(38)25-11-8-12-26(19-25)35-32(28-22-42-31-14-7-6-13-27(28)31)34(39)41-30-21-36(17-15-24(30)16-18-36)20-29(37)23-9-4-3-5-10-23;3-2(4,5)1(6)7/h3-14,19,22,24,30,32,35H,2,15-18,20-21H2,1H3;(H,6,7)/q+1;/p-1/t24?,30-,32+,36?;/m0./s1. The Bertz CT molecular complexity index is 1800. The van der Waals surface area contributed by atoms with Gasteiger partial charge in [0.25, 0.3) is 0 Å². The van der Waals surface area contributed by atoms with E-state index in [1.807, 2.05) is 66.0 Å². The highest BCUT2D eigenvalue weighted by atomic mass is 32.1. The van der Waals surface area contributed by atoms with Crippen molar-refractivity contribution in [3.63, 3.8) is 0 Å². The number of Topliss-reactive ketones (excluding diaryl/α,β-unsaturated/α-hetero) is 1. The zero-order chi connectivity index (χ0) is 35.2. The van der Waals surface area contributed by atoms with Crippen molar-refractivity contribution in [3.8, 4) is 0 Å². The number of alkyl halides is 3. The van der Waals surface area contributed by atoms with Gasteiger partial charge in [-0.15, -0.1) is 11.3 Å². The van der Waals surface area contributed by atoms with E-state index in [1.165, 1.54) is 0 Å². The summed E-state index contributed by atoms with van der Waals surface area (Å²) in [6.45, 7) is 4.97. The molecular weight excluding hydrogens is 661 g/mol. The molecule has 3 fully saturated rings. The van der Waals surface area contributed by atoms with Crippen molar-refractivity contribution in [2.24, 2.45) is 5.92 Å². The summed E-state index contributed by atoms with van der Waals surface area (Å²) in [6.07, 6.45) is -3.59. The maximum Gasteiger partial charge on any atom is 0.430 e. The van der Waals surface area contributed by atoms with Gasteiger partial charge in [-0.3, -0.25) is 4.79 Å². The molecule has 0 unspecified atom stereocenters. The number of esters is 2. The molecular formula is C36H35F3N2O7S. The smallest absolute Gasteiger partial charge is 0.430 e. The molecule has 3 aromatic carbocycles. The number of quaternary nitrogens is 1. The minimum Gasteiger partial charge on any atom is -0.542 e. The van der Waals surface area contributed by atoms with Gasteiger partial charge in [-0.1, -0.05) is 54.6 Å². The number of piperidine rings is 3. The van der Waals surface area contributed by atoms with Crippen LogP contribution in [-0.4, -0.2) is 73.2 Å². The second kappa shape index (κ2) is 15.2. The van der Waals surface area contributed by atoms with Crippen molar-refractivity contribution in [2.75, 3.05) is 38.1 Å². The molecule has 0 aliphatic carbocycles. The van der Waals surface area contributed by atoms with Gasteiger partial charge in [0.05, 0.1) is 25.3 Å². The number of halogens is 3. The molecule has 1 aromatic heterocycles. The van der Waals surface area contributed by atoms with Crippen LogP contribution < -0.4 is 10.4 Å². The number of ether oxygens (including phenoxy) is 2. The van der Waals surface area contributed by atoms with Crippen LogP contribution >= 0.6 is 11.3 Å². The molecule has 0 amide bonds. The molecule has 7 rings (SSSR count). The van der Waals surface area contributed by atoms with Gasteiger partial charge in [0.2, 0.25) is 5.78 Å². The van der Waals surface area contributed by atoms with E-state index in [0.717, 1.165) is 47.1 Å². The first-order chi connectivity index (χ1) is 23.4. The third-order valence-corrected chi connectivity index (χ3v) is 9.84. The molecule has 2 bridgehead atoms. The fourth-order valence-electron chi connectivity index (χ4n) is 6.42. The normalized spacial score (nSPS) is 20.4. The monoisotopic (exact) mass is 696 g/mol. The number of rotatable bonds is 10. The number of carboxylic acid groups (broad SMARTS) is 1. The average Bonchev–Trinajstić information content (AvgIpc) is 3.52. The Labute approximate surface area is 284 Å². The zero-order valence-corrected chi connectivity index (χ0v) is 27.4. The van der Waals surface area contributed by atoms with E-state index in [-0.39, 0.29) is 30.4 Å². The number of fused-ring (bicyclic) bond motifs is 4. The van der Waals surface area contributed by atoms with Crippen LogP contribution in [0, 0.1) is 5.92 Å². The van der Waals surface area contributed by atoms with E-state index < -0.39 is 24.2 Å². The second-order valence-corrected chi connectivity index (χ2v) is 13.0. The number of nitrogens with one attached hydrogen (secondary N) is 1. The Morgan fingerprint density at radius 2 is 1.61 bits per heavy atom. The van der Waals surface area contributed by atoms with Crippen LogP contribution in [0.15, 0.2) is 84.2 Å². The van der Waals surface area contributed by atoms with Gasteiger partial charge in [0.15, 0.2) is 12.1 Å². The Morgan fingerprint density at radius 3 is 2.29 bits per heavy atom. The van der Waals surface area contributed by atoms with E-state index in [9.17, 15) is 27.6 Å². The van der Waals surface area contributed by atoms with Crippen LogP contribution in [0.2, 0.25) is 0 Å². The number of nitrogens with zero attached hydrogens (tertiary/aromatic N) is 1. The minimum absolute atomic E-state index is 0.131. The van der Waals surface area contributed by atoms with E-state index in [1.54, 1.807) is 36.5 Å². The number of ketones is 1. The molecule has 0 radical (unpaired) electrons. The number of benzene rings is 3. The zero-order valence-electron chi connectivity index (χ0n) is 26.6. The van der Waals surface area contributed by atoms with E-state index in [4.69, 9.17) is 19.4 Å². The van der Waals surface area contributed by atoms with Gasteiger partial charge in [0, 0.05) is 40.3 Å². The van der Waals surface area contributed by atoms with Gasteiger partial charge in [-0.25, -0.2) is 9.59 Å². The quantitative estimate of drug-likeness (QED) is 0.130. The molecule has 3 aliphatic heterocycles. The third kappa shape index (κ3) is 8.65. The van der Waals surface area contributed by atoms with Gasteiger partial charge in [-0.2, -0.15) is 13.2 Å². The maximum atomic E-state index is 14.1. The molecule has 1 N–H and O–H groups in total. The van der Waals surface area contributed by atoms with Crippen LogP contribution in [0.25, 0.3) is 10.1 Å². The van der Waals surface area contributed by atoms with Crippen molar-refractivity contribution in [2.45, 2.75) is 38.1 Å². The minimum atomic E-state index is -5.19. The van der Waals surface area contributed by atoms with Crippen molar-refractivity contribution < 1.29 is 51.4 Å². The van der Waals surface area contributed by atoms with Gasteiger partial charge >= 0.3 is 18.1 Å². The highest BCUT2D eigenvalue weighted by Crippen LogP contribution is 2.38. The van der Waals surface area contributed by atoms with Crippen LogP contribution in [0.3, 0.4) is 0 Å². The fraction of sp³-hybridized carbons (Fsp3) is 0.333. The number of hydrogen-bond donors (Lipinski definition) is 1. The summed E-state index contributed by atoms with van der Waals surface area (Å²) in [5, 5.41) is 15.1. The van der Waals surface area contributed by atoms with Gasteiger partial charge in [0.1, 0.15) is 19.1 Å². The van der Waals surface area contributed by atoms with Crippen LogP contribution in [0.4, 0.5) is 18.9 Å². The summed E-state index contributed by atoms with van der Waals surface area (Å²) in [4.78, 5) is 48.4. The summed E-state index contributed by atoms with van der Waals surface area (Å²) < 4.78 is 44.8. The summed E-state index contributed by atoms with van der Waals surface area (Å²) >= 11 is 1.58. The predicted octanol–water partition coefficient (Wildman–Crippen LogP) is 5.56. The van der Waals surface area contributed by atoms with Crippen molar-refractivity contribution in [1.29, 1.82) is 0 Å². The third-order valence-electron chi connectivity index (χ3n) is 8.86. The molecule has 4 heterocycles. The SMILES string of the molecule is CCOC(=O)c1cccc(N[C@@H](C(=O)O[C@H]2C[N+]3(CC(=O)c4ccccc4)CCC2CC3)c2csc3ccccc23)c1.O=C([O-])C(F)(F)F. The summed E-state index contributed by atoms with van der Waals surface area (Å²) in [5.41, 5.74) is 2.61. The molecule has 3 saturated heterocycles. The van der Waals surface area contributed by atoms with Crippen molar-refractivity contribution >= 4 is 50.8 Å². The van der Waals surface area contributed by atoms with E-state index in [0.29, 0.717) is 28.8 Å². The number of aliphatic carboxylic acids is 1. The Morgan fingerprint density at radius 1 is 0.959 bits per heavy atom. The molecule has 3 aliphatic rings. The number of hydrogen-bond acceptors (Lipinski definition) is 9. The first-order valence-electron chi connectivity index (χ1n) is 15.8. The van der Waals surface area contributed by atoms with E-state index in [2.05, 4.69) is 5.32 Å². The van der Waals surface area contributed by atoms with Gasteiger partial charge in [-0.05, 0) is 42.0 Å². The largest absolute Gasteiger partial charge is 0.542 e. The highest BCUT2D eigenvalue weighted by molar-refractivity contribution is 7.17. The molecule has 0 spiro atoms. The van der Waals surface area contributed by atoms with Crippen LogP contribution in [0.1, 0.15) is 52.1 Å². The lowest BCUT2D eigenvalue weighted by Gasteiger charge is -2.51. The Balaban J connectivity index is 0.000000606. The van der Waals surface area contributed by atoms with E-state index >= 15 is 0 Å². The molecule has 49 heavy (non-hydrogen) atoms. The molecule has 0 saturated carbocycles. The summed E-state index contributed by atoms with van der Waals surface area (Å²) in [5.74, 6) is -3.36. The number of carbonyl (C=O) groups excluding carboxylic acids is 4. The molecule has 258 valence electrons. The maximum absolute atomic E-state index is 14.1. The summed E-state index contributed by atoms with van der Waals surface area (Å²) in [7, 11) is 0. The second-order valence-electron chi connectivity index (χ2n) is 12.1. The Kier molecular flexibility index (Phi) is 11.0. The predicted molar refractivity (Wildman–Crippen MR) is 175 cm³/mol. The molecule has 4 aromatic rings. The highest BCUT2D eigenvalue weighted by Gasteiger charge is 2.49. The number of thiophene rings is 1. The number of anilines is 1. The first kappa shape index (κ1) is 35.6. The van der Waals surface area contributed by atoms with Crippen LogP contribution in [-0.2, 0) is 19.1 Å². The lowest BCUT2D eigenvalue weighted by molar-refractivity contribution is -0.938. The molecule has 13 heteroatoms. The number of carbonyl (C=O) groups is 4. The van der Waals surface area contributed by atoms with Gasteiger partial charge < -0.3 is 29.2 Å². The molecule has 9 nitrogen and oxygen atoms in total. The fourth-order valence-corrected chi connectivity index (χ4v) is 7.40. The molecule has 2 atom stereocenters. The number of carboxylic acids is 1. The lowest BCUT2D eigenvalue weighted by Crippen LogP contribution is -2.65.